The molecule has 0 bridgehead atoms. The van der Waals surface area contributed by atoms with Gasteiger partial charge in [0.25, 0.3) is 0 Å². The largest absolute Gasteiger partial charge is 0.359 e. The minimum atomic E-state index is -0.124. The fraction of sp³-hybridized carbons (Fsp3) is 0.471. The van der Waals surface area contributed by atoms with Crippen LogP contribution in [0, 0.1) is 0 Å². The van der Waals surface area contributed by atoms with Gasteiger partial charge in [0.2, 0.25) is 0 Å². The van der Waals surface area contributed by atoms with Crippen molar-refractivity contribution >= 4 is 11.5 Å². The molecule has 0 amide bonds. The van der Waals surface area contributed by atoms with Crippen molar-refractivity contribution in [3.8, 4) is 0 Å². The lowest BCUT2D eigenvalue weighted by molar-refractivity contribution is 0.413. The highest BCUT2D eigenvalue weighted by molar-refractivity contribution is 6.01. The quantitative estimate of drug-likeness (QED) is 0.690. The van der Waals surface area contributed by atoms with Crippen LogP contribution >= 0.6 is 0 Å². The zero-order valence-corrected chi connectivity index (χ0v) is 11.7. The van der Waals surface area contributed by atoms with E-state index in [0.29, 0.717) is 0 Å². The number of hydrogen-bond donors (Lipinski definition) is 0. The van der Waals surface area contributed by atoms with E-state index in [1.54, 1.807) is 0 Å². The van der Waals surface area contributed by atoms with E-state index in [1.165, 1.54) is 37.1 Å². The standard InChI is InChI=1S/C17H22N2/c1-3-17(2)14-10-6-7-11-15(14)18-16(17)19-12-8-4-5-9-13-19/h3,6-7,10-11H,1,4-5,8-9,12-13H2,2H3. The molecule has 0 aliphatic carbocycles. The van der Waals surface area contributed by atoms with Gasteiger partial charge in [-0.3, -0.25) is 0 Å². The van der Waals surface area contributed by atoms with Crippen molar-refractivity contribution < 1.29 is 0 Å². The minimum Gasteiger partial charge on any atom is -0.359 e. The Kier molecular flexibility index (Phi) is 3.17. The van der Waals surface area contributed by atoms with Crippen LogP contribution in [0.5, 0.6) is 0 Å². The third kappa shape index (κ3) is 1.99. The number of amidine groups is 1. The number of aliphatic imine (C=N–C) groups is 1. The molecule has 1 unspecified atom stereocenters. The fourth-order valence-electron chi connectivity index (χ4n) is 3.24. The average molecular weight is 254 g/mol. The first-order chi connectivity index (χ1) is 9.25. The van der Waals surface area contributed by atoms with Crippen LogP contribution in [-0.4, -0.2) is 23.8 Å². The molecule has 0 spiro atoms. The molecule has 0 radical (unpaired) electrons. The van der Waals surface area contributed by atoms with E-state index in [9.17, 15) is 0 Å². The van der Waals surface area contributed by atoms with Gasteiger partial charge in [-0.05, 0) is 31.4 Å². The van der Waals surface area contributed by atoms with E-state index in [4.69, 9.17) is 4.99 Å². The molecule has 2 aliphatic rings. The second kappa shape index (κ2) is 4.84. The number of likely N-dealkylation sites (tertiary alicyclic amines) is 1. The summed E-state index contributed by atoms with van der Waals surface area (Å²) in [6.45, 7) is 8.59. The van der Waals surface area contributed by atoms with Crippen LogP contribution in [0.4, 0.5) is 5.69 Å². The molecule has 1 fully saturated rings. The van der Waals surface area contributed by atoms with Gasteiger partial charge >= 0.3 is 0 Å². The average Bonchev–Trinajstić information content (AvgIpc) is 2.62. The molecule has 0 aromatic heterocycles. The molecule has 3 rings (SSSR count). The number of fused-ring (bicyclic) bond motifs is 1. The monoisotopic (exact) mass is 254 g/mol. The number of nitrogens with zero attached hydrogens (tertiary/aromatic N) is 2. The Hall–Kier alpha value is -1.57. The van der Waals surface area contributed by atoms with Crippen molar-refractivity contribution in [2.24, 2.45) is 4.99 Å². The SMILES string of the molecule is C=CC1(C)C(N2CCCCCC2)=Nc2ccccc21. The summed E-state index contributed by atoms with van der Waals surface area (Å²) in [5.74, 6) is 1.20. The molecule has 0 saturated carbocycles. The van der Waals surface area contributed by atoms with Crippen molar-refractivity contribution in [1.82, 2.24) is 4.90 Å². The molecule has 2 nitrogen and oxygen atoms in total. The van der Waals surface area contributed by atoms with E-state index in [-0.39, 0.29) is 5.41 Å². The van der Waals surface area contributed by atoms with Crippen molar-refractivity contribution in [2.45, 2.75) is 38.0 Å². The molecule has 1 aromatic carbocycles. The molecular formula is C17H22N2. The molecule has 2 heteroatoms. The van der Waals surface area contributed by atoms with Crippen LogP contribution in [0.15, 0.2) is 41.9 Å². The second-order valence-electron chi connectivity index (χ2n) is 5.76. The van der Waals surface area contributed by atoms with E-state index in [0.717, 1.165) is 18.8 Å². The molecule has 2 heterocycles. The Morgan fingerprint density at radius 3 is 2.53 bits per heavy atom. The summed E-state index contributed by atoms with van der Waals surface area (Å²) >= 11 is 0. The predicted molar refractivity (Wildman–Crippen MR) is 81.1 cm³/mol. The Bertz CT molecular complexity index is 510. The zero-order chi connectivity index (χ0) is 13.3. The minimum absolute atomic E-state index is 0.124. The first kappa shape index (κ1) is 12.5. The van der Waals surface area contributed by atoms with Crippen molar-refractivity contribution in [2.75, 3.05) is 13.1 Å². The number of rotatable bonds is 1. The van der Waals surface area contributed by atoms with Crippen molar-refractivity contribution in [3.63, 3.8) is 0 Å². The molecule has 2 aliphatic heterocycles. The maximum Gasteiger partial charge on any atom is 0.119 e. The summed E-state index contributed by atoms with van der Waals surface area (Å²) < 4.78 is 0. The lowest BCUT2D eigenvalue weighted by atomic mass is 9.82. The van der Waals surface area contributed by atoms with E-state index in [1.807, 2.05) is 0 Å². The molecule has 0 N–H and O–H groups in total. The summed E-state index contributed by atoms with van der Waals surface area (Å²) in [6.07, 6.45) is 7.32. The highest BCUT2D eigenvalue weighted by Gasteiger charge is 2.39. The summed E-state index contributed by atoms with van der Waals surface area (Å²) in [5.41, 5.74) is 2.29. The Morgan fingerprint density at radius 1 is 1.16 bits per heavy atom. The van der Waals surface area contributed by atoms with E-state index in [2.05, 4.69) is 48.7 Å². The number of benzene rings is 1. The maximum absolute atomic E-state index is 4.91. The topological polar surface area (TPSA) is 15.6 Å². The first-order valence-electron chi connectivity index (χ1n) is 7.33. The lowest BCUT2D eigenvalue weighted by Crippen LogP contribution is -2.42. The first-order valence-corrected chi connectivity index (χ1v) is 7.33. The van der Waals surface area contributed by atoms with Gasteiger partial charge in [-0.2, -0.15) is 0 Å². The highest BCUT2D eigenvalue weighted by Crippen LogP contribution is 2.42. The van der Waals surface area contributed by atoms with Crippen molar-refractivity contribution in [1.29, 1.82) is 0 Å². The molecular weight excluding hydrogens is 232 g/mol. The number of hydrogen-bond acceptors (Lipinski definition) is 2. The van der Waals surface area contributed by atoms with E-state index < -0.39 is 0 Å². The van der Waals surface area contributed by atoms with Gasteiger partial charge in [-0.15, -0.1) is 6.58 Å². The normalized spacial score (nSPS) is 26.6. The maximum atomic E-state index is 4.91. The Morgan fingerprint density at radius 2 is 1.84 bits per heavy atom. The van der Waals surface area contributed by atoms with Crippen LogP contribution in [0.3, 0.4) is 0 Å². The number of para-hydroxylation sites is 1. The van der Waals surface area contributed by atoms with Gasteiger partial charge in [0.1, 0.15) is 5.84 Å². The van der Waals surface area contributed by atoms with Crippen molar-refractivity contribution in [3.05, 3.63) is 42.5 Å². The molecule has 100 valence electrons. The summed E-state index contributed by atoms with van der Waals surface area (Å²) in [6, 6.07) is 8.46. The van der Waals surface area contributed by atoms with Gasteiger partial charge in [0, 0.05) is 13.1 Å². The van der Waals surface area contributed by atoms with Crippen LogP contribution in [0.1, 0.15) is 38.2 Å². The van der Waals surface area contributed by atoms with Gasteiger partial charge in [-0.25, -0.2) is 4.99 Å². The predicted octanol–water partition coefficient (Wildman–Crippen LogP) is 4.05. The molecule has 1 aromatic rings. The smallest absolute Gasteiger partial charge is 0.119 e. The van der Waals surface area contributed by atoms with Crippen LogP contribution in [0.25, 0.3) is 0 Å². The molecule has 1 saturated heterocycles. The summed E-state index contributed by atoms with van der Waals surface area (Å²) in [7, 11) is 0. The fourth-order valence-corrected chi connectivity index (χ4v) is 3.24. The van der Waals surface area contributed by atoms with Gasteiger partial charge in [0.05, 0.1) is 11.1 Å². The van der Waals surface area contributed by atoms with Gasteiger partial charge in [0.15, 0.2) is 0 Å². The van der Waals surface area contributed by atoms with Gasteiger partial charge < -0.3 is 4.90 Å². The Labute approximate surface area is 115 Å². The lowest BCUT2D eigenvalue weighted by Gasteiger charge is -2.32. The summed E-state index contributed by atoms with van der Waals surface area (Å²) in [5, 5.41) is 0. The Balaban J connectivity index is 2.00. The third-order valence-corrected chi connectivity index (χ3v) is 4.47. The highest BCUT2D eigenvalue weighted by atomic mass is 15.2. The van der Waals surface area contributed by atoms with Gasteiger partial charge in [-0.1, -0.05) is 37.1 Å². The zero-order valence-electron chi connectivity index (χ0n) is 11.7. The summed E-state index contributed by atoms with van der Waals surface area (Å²) in [4.78, 5) is 7.39. The van der Waals surface area contributed by atoms with E-state index >= 15 is 0 Å². The van der Waals surface area contributed by atoms with Crippen LogP contribution in [0.2, 0.25) is 0 Å². The second-order valence-corrected chi connectivity index (χ2v) is 5.76. The molecule has 19 heavy (non-hydrogen) atoms. The third-order valence-electron chi connectivity index (χ3n) is 4.47. The van der Waals surface area contributed by atoms with Crippen LogP contribution < -0.4 is 0 Å². The molecule has 1 atom stereocenters. The van der Waals surface area contributed by atoms with Crippen LogP contribution in [-0.2, 0) is 5.41 Å².